The van der Waals surface area contributed by atoms with E-state index in [-0.39, 0.29) is 11.8 Å². The SMILES string of the molecule is O=C(C(O)C1CC1)N1CCN(I)CC1. The number of piperazine rings is 1. The lowest BCUT2D eigenvalue weighted by Crippen LogP contribution is -2.49. The number of nitrogens with zero attached hydrogens (tertiary/aromatic N) is 2. The molecule has 2 fully saturated rings. The Bertz CT molecular complexity index is 225. The molecule has 1 heterocycles. The maximum Gasteiger partial charge on any atom is 0.251 e. The smallest absolute Gasteiger partial charge is 0.251 e. The molecule has 1 amide bonds. The topological polar surface area (TPSA) is 43.8 Å². The first-order chi connectivity index (χ1) is 6.68. The molecule has 0 spiro atoms. The van der Waals surface area contributed by atoms with Crippen molar-refractivity contribution < 1.29 is 9.90 Å². The van der Waals surface area contributed by atoms with Gasteiger partial charge in [-0.2, -0.15) is 0 Å². The number of carbonyl (C=O) groups is 1. The van der Waals surface area contributed by atoms with Crippen molar-refractivity contribution in [1.29, 1.82) is 0 Å². The van der Waals surface area contributed by atoms with E-state index in [9.17, 15) is 9.90 Å². The van der Waals surface area contributed by atoms with E-state index in [1.54, 1.807) is 4.90 Å². The Morgan fingerprint density at radius 2 is 1.86 bits per heavy atom. The average Bonchev–Trinajstić information content (AvgIpc) is 3.00. The molecule has 1 saturated heterocycles. The van der Waals surface area contributed by atoms with E-state index < -0.39 is 6.10 Å². The Morgan fingerprint density at radius 3 is 2.36 bits per heavy atom. The maximum absolute atomic E-state index is 11.7. The van der Waals surface area contributed by atoms with Crippen LogP contribution in [0.2, 0.25) is 0 Å². The van der Waals surface area contributed by atoms with Crippen LogP contribution in [0.15, 0.2) is 0 Å². The third-order valence-electron chi connectivity index (χ3n) is 2.86. The molecule has 1 atom stereocenters. The predicted molar refractivity (Wildman–Crippen MR) is 60.9 cm³/mol. The standard InChI is InChI=1S/C9H15IN2O2/c10-12-5-3-11(4-6-12)9(14)8(13)7-1-2-7/h7-8,13H,1-6H2. The highest BCUT2D eigenvalue weighted by Crippen LogP contribution is 2.33. The summed E-state index contributed by atoms with van der Waals surface area (Å²) in [6.45, 7) is 3.32. The highest BCUT2D eigenvalue weighted by atomic mass is 127. The zero-order valence-corrected chi connectivity index (χ0v) is 10.2. The van der Waals surface area contributed by atoms with E-state index in [2.05, 4.69) is 26.0 Å². The van der Waals surface area contributed by atoms with E-state index in [1.165, 1.54) is 0 Å². The quantitative estimate of drug-likeness (QED) is 0.587. The van der Waals surface area contributed by atoms with E-state index in [1.807, 2.05) is 0 Å². The minimum absolute atomic E-state index is 0.0583. The summed E-state index contributed by atoms with van der Waals surface area (Å²) in [7, 11) is 0. The Balaban J connectivity index is 1.84. The molecule has 2 rings (SSSR count). The van der Waals surface area contributed by atoms with Gasteiger partial charge in [0.05, 0.1) is 0 Å². The highest BCUT2D eigenvalue weighted by Gasteiger charge is 2.37. The average molecular weight is 310 g/mol. The van der Waals surface area contributed by atoms with Crippen molar-refractivity contribution in [3.63, 3.8) is 0 Å². The lowest BCUT2D eigenvalue weighted by atomic mass is 10.2. The third-order valence-corrected chi connectivity index (χ3v) is 3.82. The minimum Gasteiger partial charge on any atom is -0.383 e. The van der Waals surface area contributed by atoms with Crippen LogP contribution in [-0.2, 0) is 4.79 Å². The first-order valence-corrected chi connectivity index (χ1v) is 6.02. The monoisotopic (exact) mass is 310 g/mol. The molecule has 1 saturated carbocycles. The second kappa shape index (κ2) is 4.32. The van der Waals surface area contributed by atoms with Crippen molar-refractivity contribution in [2.75, 3.05) is 26.2 Å². The van der Waals surface area contributed by atoms with Crippen molar-refractivity contribution in [2.24, 2.45) is 5.92 Å². The summed E-state index contributed by atoms with van der Waals surface area (Å²) in [4.78, 5) is 13.5. The van der Waals surface area contributed by atoms with Gasteiger partial charge in [-0.1, -0.05) is 0 Å². The molecule has 0 aromatic heterocycles. The normalized spacial score (nSPS) is 26.3. The molecular weight excluding hydrogens is 295 g/mol. The number of amides is 1. The van der Waals surface area contributed by atoms with Crippen LogP contribution in [-0.4, -0.2) is 51.3 Å². The van der Waals surface area contributed by atoms with Crippen LogP contribution < -0.4 is 0 Å². The third kappa shape index (κ3) is 2.38. The molecule has 0 bridgehead atoms. The van der Waals surface area contributed by atoms with Gasteiger partial charge in [-0.3, -0.25) is 4.79 Å². The number of aliphatic hydroxyl groups is 1. The Labute approximate surface area is 97.7 Å². The molecule has 2 aliphatic rings. The van der Waals surface area contributed by atoms with Gasteiger partial charge in [-0.15, -0.1) is 0 Å². The van der Waals surface area contributed by atoms with Crippen molar-refractivity contribution in [2.45, 2.75) is 18.9 Å². The number of hydrogen-bond donors (Lipinski definition) is 1. The molecule has 0 aromatic carbocycles. The first kappa shape index (κ1) is 10.6. The van der Waals surface area contributed by atoms with Gasteiger partial charge >= 0.3 is 0 Å². The first-order valence-electron chi connectivity index (χ1n) is 5.06. The molecule has 5 heteroatoms. The molecule has 0 radical (unpaired) electrons. The van der Waals surface area contributed by atoms with Crippen LogP contribution in [0.4, 0.5) is 0 Å². The summed E-state index contributed by atoms with van der Waals surface area (Å²) in [5.74, 6) is 0.192. The summed E-state index contributed by atoms with van der Waals surface area (Å²) in [6.07, 6.45) is 1.30. The van der Waals surface area contributed by atoms with E-state index >= 15 is 0 Å². The van der Waals surface area contributed by atoms with Crippen LogP contribution in [0.3, 0.4) is 0 Å². The maximum atomic E-state index is 11.7. The second-order valence-corrected chi connectivity index (χ2v) is 5.38. The lowest BCUT2D eigenvalue weighted by molar-refractivity contribution is -0.142. The largest absolute Gasteiger partial charge is 0.383 e. The summed E-state index contributed by atoms with van der Waals surface area (Å²) in [6, 6.07) is 0. The molecule has 1 N–H and O–H groups in total. The molecular formula is C9H15IN2O2. The Morgan fingerprint density at radius 1 is 1.29 bits per heavy atom. The van der Waals surface area contributed by atoms with Crippen LogP contribution in [0.1, 0.15) is 12.8 Å². The van der Waals surface area contributed by atoms with Crippen LogP contribution in [0.25, 0.3) is 0 Å². The van der Waals surface area contributed by atoms with Crippen molar-refractivity contribution >= 4 is 28.8 Å². The molecule has 0 aromatic rings. The molecule has 1 unspecified atom stereocenters. The van der Waals surface area contributed by atoms with Gasteiger partial charge in [-0.05, 0) is 18.8 Å². The number of aliphatic hydroxyl groups excluding tert-OH is 1. The summed E-state index contributed by atoms with van der Waals surface area (Å²) < 4.78 is 2.17. The summed E-state index contributed by atoms with van der Waals surface area (Å²) in [5, 5.41) is 9.67. The number of carbonyl (C=O) groups excluding carboxylic acids is 1. The Kier molecular flexibility index (Phi) is 3.28. The van der Waals surface area contributed by atoms with Crippen molar-refractivity contribution in [3.05, 3.63) is 0 Å². The molecule has 1 aliphatic carbocycles. The van der Waals surface area contributed by atoms with Crippen molar-refractivity contribution in [3.8, 4) is 0 Å². The second-order valence-electron chi connectivity index (χ2n) is 4.02. The lowest BCUT2D eigenvalue weighted by Gasteiger charge is -2.32. The highest BCUT2D eigenvalue weighted by molar-refractivity contribution is 14.1. The van der Waals surface area contributed by atoms with Crippen LogP contribution in [0, 0.1) is 5.92 Å². The number of rotatable bonds is 2. The summed E-state index contributed by atoms with van der Waals surface area (Å²) >= 11 is 2.27. The van der Waals surface area contributed by atoms with Gasteiger partial charge in [0.1, 0.15) is 6.10 Å². The van der Waals surface area contributed by atoms with E-state index in [0.717, 1.165) is 39.0 Å². The van der Waals surface area contributed by atoms with Crippen LogP contribution >= 0.6 is 22.9 Å². The van der Waals surface area contributed by atoms with Crippen LogP contribution in [0.5, 0.6) is 0 Å². The van der Waals surface area contributed by atoms with Gasteiger partial charge in [0.15, 0.2) is 0 Å². The van der Waals surface area contributed by atoms with Gasteiger partial charge < -0.3 is 10.0 Å². The fraction of sp³-hybridized carbons (Fsp3) is 0.889. The van der Waals surface area contributed by atoms with E-state index in [0.29, 0.717) is 0 Å². The molecule has 1 aliphatic heterocycles. The summed E-state index contributed by atoms with van der Waals surface area (Å²) in [5.41, 5.74) is 0. The minimum atomic E-state index is -0.726. The zero-order valence-electron chi connectivity index (χ0n) is 8.03. The molecule has 14 heavy (non-hydrogen) atoms. The predicted octanol–water partition coefficient (Wildman–Crippen LogP) is 0.252. The zero-order chi connectivity index (χ0) is 10.1. The van der Waals surface area contributed by atoms with Gasteiger partial charge in [-0.25, -0.2) is 3.11 Å². The van der Waals surface area contributed by atoms with Crippen molar-refractivity contribution in [1.82, 2.24) is 8.01 Å². The van der Waals surface area contributed by atoms with Gasteiger partial charge in [0.2, 0.25) is 0 Å². The van der Waals surface area contributed by atoms with Gasteiger partial charge in [0, 0.05) is 49.0 Å². The Hall–Kier alpha value is 0.120. The van der Waals surface area contributed by atoms with E-state index in [4.69, 9.17) is 0 Å². The fourth-order valence-electron chi connectivity index (χ4n) is 1.70. The molecule has 4 nitrogen and oxygen atoms in total. The fourth-order valence-corrected chi connectivity index (χ4v) is 2.13. The van der Waals surface area contributed by atoms with Gasteiger partial charge in [0.25, 0.3) is 5.91 Å². The number of hydrogen-bond acceptors (Lipinski definition) is 3. The number of halogens is 1. The molecule has 80 valence electrons.